The number of carbonyl (C=O) groups is 1. The number of likely N-dealkylation sites (N-methyl/N-ethyl adjacent to an activating group) is 1. The molecular formula is C12H23N3O3S. The molecule has 0 aromatic carbocycles. The molecule has 0 aromatic heterocycles. The smallest absolute Gasteiger partial charge is 0.237 e. The van der Waals surface area contributed by atoms with Gasteiger partial charge in [0.25, 0.3) is 0 Å². The zero-order valence-electron chi connectivity index (χ0n) is 11.8. The fraction of sp³-hybridized carbons (Fsp3) is 0.917. The standard InChI is InChI=1S/C12H23N3O3S/c1-14(2)11-8-15(7-10(11)9-4-5-9)12(16)6-13-19(3,17)18/h9-11,13H,4-8H2,1-3H3/t10-,11+/m0/s1. The van der Waals surface area contributed by atoms with Crippen LogP contribution in [0.5, 0.6) is 0 Å². The number of hydrogen-bond donors (Lipinski definition) is 1. The Balaban J connectivity index is 1.93. The van der Waals surface area contributed by atoms with Crippen LogP contribution in [0.15, 0.2) is 0 Å². The SMILES string of the molecule is CN(C)[C@@H]1CN(C(=O)CNS(C)(=O)=O)C[C@H]1C1CC1. The molecule has 0 radical (unpaired) electrons. The Labute approximate surface area is 115 Å². The Morgan fingerprint density at radius 3 is 2.42 bits per heavy atom. The van der Waals surface area contributed by atoms with Gasteiger partial charge < -0.3 is 9.80 Å². The molecule has 2 atom stereocenters. The van der Waals surface area contributed by atoms with Crippen LogP contribution >= 0.6 is 0 Å². The minimum Gasteiger partial charge on any atom is -0.340 e. The van der Waals surface area contributed by atoms with Crippen molar-refractivity contribution in [1.82, 2.24) is 14.5 Å². The summed E-state index contributed by atoms with van der Waals surface area (Å²) in [5.41, 5.74) is 0. The molecule has 2 fully saturated rings. The van der Waals surface area contributed by atoms with E-state index in [0.717, 1.165) is 18.7 Å². The second kappa shape index (κ2) is 5.38. The highest BCUT2D eigenvalue weighted by Crippen LogP contribution is 2.42. The van der Waals surface area contributed by atoms with Crippen LogP contribution in [-0.2, 0) is 14.8 Å². The summed E-state index contributed by atoms with van der Waals surface area (Å²) in [4.78, 5) is 16.0. The third-order valence-electron chi connectivity index (χ3n) is 4.06. The molecule has 110 valence electrons. The maximum Gasteiger partial charge on any atom is 0.237 e. The molecule has 1 saturated carbocycles. The van der Waals surface area contributed by atoms with Gasteiger partial charge in [0.15, 0.2) is 0 Å². The summed E-state index contributed by atoms with van der Waals surface area (Å²) in [7, 11) is 0.785. The second-order valence-corrected chi connectivity index (χ2v) is 7.76. The Morgan fingerprint density at radius 1 is 1.32 bits per heavy atom. The lowest BCUT2D eigenvalue weighted by Gasteiger charge is -2.24. The number of nitrogens with zero attached hydrogens (tertiary/aromatic N) is 2. The number of amides is 1. The molecule has 0 bridgehead atoms. The largest absolute Gasteiger partial charge is 0.340 e. The number of rotatable bonds is 5. The number of carbonyl (C=O) groups excluding carboxylic acids is 1. The number of sulfonamides is 1. The molecule has 6 nitrogen and oxygen atoms in total. The summed E-state index contributed by atoms with van der Waals surface area (Å²) in [5, 5.41) is 0. The van der Waals surface area contributed by atoms with Crippen molar-refractivity contribution >= 4 is 15.9 Å². The molecule has 1 aliphatic carbocycles. The van der Waals surface area contributed by atoms with Gasteiger partial charge in [-0.3, -0.25) is 4.79 Å². The van der Waals surface area contributed by atoms with Gasteiger partial charge in [-0.1, -0.05) is 0 Å². The lowest BCUT2D eigenvalue weighted by atomic mass is 9.97. The molecule has 1 heterocycles. The minimum absolute atomic E-state index is 0.125. The first-order valence-electron chi connectivity index (χ1n) is 6.67. The molecule has 7 heteroatoms. The van der Waals surface area contributed by atoms with Crippen molar-refractivity contribution in [3.63, 3.8) is 0 Å². The maximum atomic E-state index is 12.0. The molecule has 0 unspecified atom stereocenters. The van der Waals surface area contributed by atoms with E-state index in [9.17, 15) is 13.2 Å². The maximum absolute atomic E-state index is 12.0. The van der Waals surface area contributed by atoms with Gasteiger partial charge in [0.2, 0.25) is 15.9 Å². The third-order valence-corrected chi connectivity index (χ3v) is 4.73. The van der Waals surface area contributed by atoms with Gasteiger partial charge in [-0.2, -0.15) is 0 Å². The van der Waals surface area contributed by atoms with Crippen LogP contribution in [-0.4, -0.2) is 70.2 Å². The molecule has 1 aliphatic heterocycles. The lowest BCUT2D eigenvalue weighted by molar-refractivity contribution is -0.129. The summed E-state index contributed by atoms with van der Waals surface area (Å²) in [6, 6.07) is 0.398. The average molecular weight is 289 g/mol. The van der Waals surface area contributed by atoms with E-state index >= 15 is 0 Å². The molecule has 2 rings (SSSR count). The van der Waals surface area contributed by atoms with Gasteiger partial charge in [0.1, 0.15) is 0 Å². The Morgan fingerprint density at radius 2 is 1.95 bits per heavy atom. The fourth-order valence-electron chi connectivity index (χ4n) is 2.85. The normalized spacial score (nSPS) is 28.1. The van der Waals surface area contributed by atoms with Crippen LogP contribution in [0.1, 0.15) is 12.8 Å². The Hall–Kier alpha value is -0.660. The molecular weight excluding hydrogens is 266 g/mol. The number of hydrogen-bond acceptors (Lipinski definition) is 4. The topological polar surface area (TPSA) is 69.7 Å². The van der Waals surface area contributed by atoms with Crippen molar-refractivity contribution < 1.29 is 13.2 Å². The predicted molar refractivity (Wildman–Crippen MR) is 73.1 cm³/mol. The van der Waals surface area contributed by atoms with Crippen LogP contribution in [0.25, 0.3) is 0 Å². The summed E-state index contributed by atoms with van der Waals surface area (Å²) in [6.45, 7) is 1.34. The molecule has 0 spiro atoms. The van der Waals surface area contributed by atoms with E-state index in [2.05, 4.69) is 9.62 Å². The van der Waals surface area contributed by atoms with Crippen molar-refractivity contribution in [3.05, 3.63) is 0 Å². The highest BCUT2D eigenvalue weighted by molar-refractivity contribution is 7.88. The van der Waals surface area contributed by atoms with Crippen LogP contribution in [0.3, 0.4) is 0 Å². The molecule has 2 aliphatic rings. The second-order valence-electron chi connectivity index (χ2n) is 5.92. The van der Waals surface area contributed by atoms with Crippen LogP contribution in [0.4, 0.5) is 0 Å². The van der Waals surface area contributed by atoms with E-state index in [1.54, 1.807) is 4.90 Å². The van der Waals surface area contributed by atoms with Crippen molar-refractivity contribution in [3.8, 4) is 0 Å². The van der Waals surface area contributed by atoms with Crippen molar-refractivity contribution in [2.24, 2.45) is 11.8 Å². The summed E-state index contributed by atoms with van der Waals surface area (Å²) in [5.74, 6) is 1.16. The monoisotopic (exact) mass is 289 g/mol. The first-order valence-corrected chi connectivity index (χ1v) is 8.56. The Kier molecular flexibility index (Phi) is 4.17. The van der Waals surface area contributed by atoms with Crippen molar-refractivity contribution in [2.75, 3.05) is 40.0 Å². The summed E-state index contributed by atoms with van der Waals surface area (Å²) in [6.07, 6.45) is 3.59. The molecule has 1 saturated heterocycles. The minimum atomic E-state index is -3.30. The average Bonchev–Trinajstić information content (AvgIpc) is 3.03. The molecule has 1 amide bonds. The molecule has 0 aromatic rings. The van der Waals surface area contributed by atoms with E-state index in [0.29, 0.717) is 18.5 Å². The van der Waals surface area contributed by atoms with Gasteiger partial charge in [-0.25, -0.2) is 13.1 Å². The summed E-state index contributed by atoms with van der Waals surface area (Å²) < 4.78 is 24.3. The van der Waals surface area contributed by atoms with Gasteiger partial charge in [-0.05, 0) is 38.8 Å². The third kappa shape index (κ3) is 3.90. The van der Waals surface area contributed by atoms with E-state index in [-0.39, 0.29) is 12.5 Å². The van der Waals surface area contributed by atoms with Gasteiger partial charge in [-0.15, -0.1) is 0 Å². The first-order chi connectivity index (χ1) is 8.78. The summed E-state index contributed by atoms with van der Waals surface area (Å²) >= 11 is 0. The zero-order valence-corrected chi connectivity index (χ0v) is 12.6. The quantitative estimate of drug-likeness (QED) is 0.729. The van der Waals surface area contributed by atoms with E-state index in [1.807, 2.05) is 14.1 Å². The zero-order chi connectivity index (χ0) is 14.2. The fourth-order valence-corrected chi connectivity index (χ4v) is 3.24. The van der Waals surface area contributed by atoms with E-state index in [4.69, 9.17) is 0 Å². The highest BCUT2D eigenvalue weighted by Gasteiger charge is 2.44. The van der Waals surface area contributed by atoms with E-state index < -0.39 is 10.0 Å². The predicted octanol–water partition coefficient (Wildman–Crippen LogP) is -0.666. The van der Waals surface area contributed by atoms with Crippen LogP contribution in [0, 0.1) is 11.8 Å². The van der Waals surface area contributed by atoms with E-state index in [1.165, 1.54) is 12.8 Å². The molecule has 1 N–H and O–H groups in total. The number of nitrogens with one attached hydrogen (secondary N) is 1. The molecule has 19 heavy (non-hydrogen) atoms. The van der Waals surface area contributed by atoms with Gasteiger partial charge in [0.05, 0.1) is 12.8 Å². The van der Waals surface area contributed by atoms with Gasteiger partial charge >= 0.3 is 0 Å². The lowest BCUT2D eigenvalue weighted by Crippen LogP contribution is -2.40. The van der Waals surface area contributed by atoms with Gasteiger partial charge in [0, 0.05) is 19.1 Å². The van der Waals surface area contributed by atoms with Crippen molar-refractivity contribution in [2.45, 2.75) is 18.9 Å². The van der Waals surface area contributed by atoms with Crippen LogP contribution < -0.4 is 4.72 Å². The number of likely N-dealkylation sites (tertiary alicyclic amines) is 1. The first kappa shape index (κ1) is 14.7. The van der Waals surface area contributed by atoms with Crippen LogP contribution in [0.2, 0.25) is 0 Å². The Bertz CT molecular complexity index is 435. The highest BCUT2D eigenvalue weighted by atomic mass is 32.2. The van der Waals surface area contributed by atoms with Crippen molar-refractivity contribution in [1.29, 1.82) is 0 Å².